The number of aliphatic carboxylic acids is 1. The van der Waals surface area contributed by atoms with E-state index in [0.717, 1.165) is 0 Å². The first kappa shape index (κ1) is 16.1. The van der Waals surface area contributed by atoms with Gasteiger partial charge in [0.05, 0.1) is 4.90 Å². The highest BCUT2D eigenvalue weighted by atomic mass is 32.2. The first-order chi connectivity index (χ1) is 9.21. The van der Waals surface area contributed by atoms with E-state index in [1.54, 1.807) is 0 Å². The minimum Gasteiger partial charge on any atom is -0.480 e. The van der Waals surface area contributed by atoms with Gasteiger partial charge in [-0.25, -0.2) is 18.4 Å². The molecule has 0 bridgehead atoms. The number of ether oxygens (including phenoxy) is 1. The Morgan fingerprint density at radius 3 is 2.55 bits per heavy atom. The summed E-state index contributed by atoms with van der Waals surface area (Å²) in [7, 11) is -3.88. The van der Waals surface area contributed by atoms with Crippen molar-refractivity contribution >= 4 is 27.6 Å². The predicted molar refractivity (Wildman–Crippen MR) is 69.6 cm³/mol. The fourth-order valence-corrected chi connectivity index (χ4v) is 2.28. The van der Waals surface area contributed by atoms with Gasteiger partial charge >= 0.3 is 5.97 Å². The van der Waals surface area contributed by atoms with Crippen molar-refractivity contribution in [1.29, 1.82) is 0 Å². The molecule has 0 atom stereocenters. The standard InChI is InChI=1S/C11H14N2O6S/c1-7-8(3-2-4-9(7)20(12,17)18)13-10(14)5-19-6-11(15)16/h2-4H,5-6H2,1H3,(H,13,14)(H,15,16)(H2,12,17,18). The van der Waals surface area contributed by atoms with Crippen LogP contribution in [0.4, 0.5) is 5.69 Å². The largest absolute Gasteiger partial charge is 0.480 e. The molecule has 0 aromatic heterocycles. The van der Waals surface area contributed by atoms with Gasteiger partial charge in [0, 0.05) is 5.69 Å². The average Bonchev–Trinajstić information content (AvgIpc) is 2.29. The number of primary sulfonamides is 1. The van der Waals surface area contributed by atoms with Gasteiger partial charge < -0.3 is 15.2 Å². The van der Waals surface area contributed by atoms with Gasteiger partial charge in [-0.3, -0.25) is 4.79 Å². The Labute approximate surface area is 115 Å². The number of carbonyl (C=O) groups is 2. The maximum absolute atomic E-state index is 11.5. The molecule has 0 heterocycles. The third kappa shape index (κ3) is 4.61. The van der Waals surface area contributed by atoms with Gasteiger partial charge in [0.2, 0.25) is 15.9 Å². The fourth-order valence-electron chi connectivity index (χ4n) is 1.48. The second-order valence-corrected chi connectivity index (χ2v) is 5.44. The Bertz CT molecular complexity index is 626. The lowest BCUT2D eigenvalue weighted by atomic mass is 10.2. The predicted octanol–water partition coefficient (Wildman–Crippen LogP) is -0.318. The molecular formula is C11H14N2O6S. The highest BCUT2D eigenvalue weighted by Crippen LogP contribution is 2.21. The summed E-state index contributed by atoms with van der Waals surface area (Å²) in [5, 5.41) is 15.8. The third-order valence-electron chi connectivity index (χ3n) is 2.32. The molecule has 0 fully saturated rings. The molecule has 1 aromatic rings. The van der Waals surface area contributed by atoms with Crippen LogP contribution in [0, 0.1) is 6.92 Å². The van der Waals surface area contributed by atoms with Crippen LogP contribution in [0.15, 0.2) is 23.1 Å². The number of hydrogen-bond donors (Lipinski definition) is 3. The molecule has 0 radical (unpaired) electrons. The molecular weight excluding hydrogens is 288 g/mol. The Morgan fingerprint density at radius 1 is 1.35 bits per heavy atom. The molecule has 0 saturated carbocycles. The van der Waals surface area contributed by atoms with Gasteiger partial charge in [-0.05, 0) is 24.6 Å². The van der Waals surface area contributed by atoms with E-state index in [1.165, 1.54) is 25.1 Å². The Hall–Kier alpha value is -1.97. The van der Waals surface area contributed by atoms with Gasteiger partial charge in [0.25, 0.3) is 0 Å². The Morgan fingerprint density at radius 2 is 2.00 bits per heavy atom. The normalized spacial score (nSPS) is 11.1. The monoisotopic (exact) mass is 302 g/mol. The van der Waals surface area contributed by atoms with Crippen LogP contribution in [-0.2, 0) is 24.3 Å². The minimum absolute atomic E-state index is 0.0956. The first-order valence-corrected chi connectivity index (χ1v) is 6.98. The van der Waals surface area contributed by atoms with E-state index in [-0.39, 0.29) is 10.6 Å². The highest BCUT2D eigenvalue weighted by molar-refractivity contribution is 7.89. The van der Waals surface area contributed by atoms with Crippen molar-refractivity contribution < 1.29 is 27.9 Å². The van der Waals surface area contributed by atoms with Crippen molar-refractivity contribution in [3.8, 4) is 0 Å². The Kier molecular flexibility index (Phi) is 5.19. The van der Waals surface area contributed by atoms with Crippen LogP contribution in [0.2, 0.25) is 0 Å². The van der Waals surface area contributed by atoms with Crippen LogP contribution in [0.5, 0.6) is 0 Å². The lowest BCUT2D eigenvalue weighted by Gasteiger charge is -2.11. The molecule has 20 heavy (non-hydrogen) atoms. The van der Waals surface area contributed by atoms with Crippen LogP contribution in [0.3, 0.4) is 0 Å². The van der Waals surface area contributed by atoms with Crippen LogP contribution < -0.4 is 10.5 Å². The summed E-state index contributed by atoms with van der Waals surface area (Å²) < 4.78 is 27.2. The van der Waals surface area contributed by atoms with Crippen molar-refractivity contribution in [2.24, 2.45) is 5.14 Å². The number of carboxylic acid groups (broad SMARTS) is 1. The summed E-state index contributed by atoms with van der Waals surface area (Å²) >= 11 is 0. The van der Waals surface area contributed by atoms with E-state index in [2.05, 4.69) is 10.1 Å². The number of hydrogen-bond acceptors (Lipinski definition) is 5. The van der Waals surface area contributed by atoms with Crippen molar-refractivity contribution in [1.82, 2.24) is 0 Å². The molecule has 1 rings (SSSR count). The van der Waals surface area contributed by atoms with Crippen LogP contribution >= 0.6 is 0 Å². The second-order valence-electron chi connectivity index (χ2n) is 3.91. The number of rotatable bonds is 6. The molecule has 0 unspecified atom stereocenters. The number of anilines is 1. The molecule has 0 aliphatic heterocycles. The quantitative estimate of drug-likeness (QED) is 0.659. The van der Waals surface area contributed by atoms with E-state index < -0.39 is 35.1 Å². The SMILES string of the molecule is Cc1c(NC(=O)COCC(=O)O)cccc1S(N)(=O)=O. The zero-order chi connectivity index (χ0) is 15.3. The van der Waals surface area contributed by atoms with E-state index >= 15 is 0 Å². The summed E-state index contributed by atoms with van der Waals surface area (Å²) in [5.41, 5.74) is 0.557. The highest BCUT2D eigenvalue weighted by Gasteiger charge is 2.15. The van der Waals surface area contributed by atoms with Gasteiger partial charge in [0.1, 0.15) is 13.2 Å². The summed E-state index contributed by atoms with van der Waals surface area (Å²) in [6.07, 6.45) is 0. The third-order valence-corrected chi connectivity index (χ3v) is 3.38. The summed E-state index contributed by atoms with van der Waals surface area (Å²) in [5.74, 6) is -1.79. The molecule has 0 aliphatic carbocycles. The number of benzene rings is 1. The zero-order valence-corrected chi connectivity index (χ0v) is 11.4. The maximum atomic E-state index is 11.5. The summed E-state index contributed by atoms with van der Waals surface area (Å²) in [6.45, 7) is 0.447. The fraction of sp³-hybridized carbons (Fsp3) is 0.273. The lowest BCUT2D eigenvalue weighted by Crippen LogP contribution is -2.22. The van der Waals surface area contributed by atoms with Gasteiger partial charge in [-0.2, -0.15) is 0 Å². The van der Waals surface area contributed by atoms with Crippen molar-refractivity contribution in [3.05, 3.63) is 23.8 Å². The average molecular weight is 302 g/mol. The maximum Gasteiger partial charge on any atom is 0.329 e. The Balaban J connectivity index is 2.79. The van der Waals surface area contributed by atoms with Crippen LogP contribution in [0.1, 0.15) is 5.56 Å². The zero-order valence-electron chi connectivity index (χ0n) is 10.6. The van der Waals surface area contributed by atoms with E-state index in [9.17, 15) is 18.0 Å². The van der Waals surface area contributed by atoms with Crippen LogP contribution in [0.25, 0.3) is 0 Å². The molecule has 0 aliphatic rings. The molecule has 0 spiro atoms. The molecule has 4 N–H and O–H groups in total. The topological polar surface area (TPSA) is 136 Å². The van der Waals surface area contributed by atoms with Gasteiger partial charge in [-0.15, -0.1) is 0 Å². The number of amides is 1. The summed E-state index contributed by atoms with van der Waals surface area (Å²) in [6, 6.07) is 4.25. The second kappa shape index (κ2) is 6.46. The number of nitrogens with one attached hydrogen (secondary N) is 1. The number of nitrogens with two attached hydrogens (primary N) is 1. The molecule has 1 aromatic carbocycles. The molecule has 1 amide bonds. The van der Waals surface area contributed by atoms with Crippen molar-refractivity contribution in [2.45, 2.75) is 11.8 Å². The van der Waals surface area contributed by atoms with E-state index in [1.807, 2.05) is 0 Å². The number of sulfonamides is 1. The minimum atomic E-state index is -3.88. The first-order valence-electron chi connectivity index (χ1n) is 5.43. The summed E-state index contributed by atoms with van der Waals surface area (Å²) in [4.78, 5) is 21.6. The number of carbonyl (C=O) groups excluding carboxylic acids is 1. The molecule has 0 saturated heterocycles. The van der Waals surface area contributed by atoms with Gasteiger partial charge in [-0.1, -0.05) is 6.07 Å². The smallest absolute Gasteiger partial charge is 0.329 e. The number of carboxylic acids is 1. The van der Waals surface area contributed by atoms with E-state index in [0.29, 0.717) is 5.56 Å². The van der Waals surface area contributed by atoms with Crippen LogP contribution in [-0.4, -0.2) is 38.6 Å². The molecule has 8 nitrogen and oxygen atoms in total. The molecule has 9 heteroatoms. The van der Waals surface area contributed by atoms with Gasteiger partial charge in [0.15, 0.2) is 0 Å². The van der Waals surface area contributed by atoms with Crippen molar-refractivity contribution in [2.75, 3.05) is 18.5 Å². The van der Waals surface area contributed by atoms with Crippen molar-refractivity contribution in [3.63, 3.8) is 0 Å². The van der Waals surface area contributed by atoms with E-state index in [4.69, 9.17) is 10.2 Å². The lowest BCUT2D eigenvalue weighted by molar-refractivity contribution is -0.143. The molecule has 110 valence electrons.